The van der Waals surface area contributed by atoms with Crippen LogP contribution in [0.2, 0.25) is 5.02 Å². The number of benzene rings is 1. The molecule has 0 unspecified atom stereocenters. The van der Waals surface area contributed by atoms with E-state index in [1.165, 1.54) is 6.42 Å². The molecule has 2 amide bonds. The van der Waals surface area contributed by atoms with E-state index in [0.29, 0.717) is 16.8 Å². The average molecular weight is 349 g/mol. The molecule has 1 aliphatic rings. The van der Waals surface area contributed by atoms with Crippen LogP contribution in [0.15, 0.2) is 24.3 Å². The number of nitrogens with zero attached hydrogens (tertiary/aromatic N) is 4. The molecule has 7 nitrogen and oxygen atoms in total. The molecule has 0 radical (unpaired) electrons. The Kier molecular flexibility index (Phi) is 4.99. The monoisotopic (exact) mass is 348 g/mol. The Labute approximate surface area is 145 Å². The lowest BCUT2D eigenvalue weighted by Gasteiger charge is -2.35. The van der Waals surface area contributed by atoms with Gasteiger partial charge in [0.15, 0.2) is 5.82 Å². The molecule has 1 aromatic heterocycles. The van der Waals surface area contributed by atoms with Crippen LogP contribution in [0.4, 0.5) is 4.79 Å². The summed E-state index contributed by atoms with van der Waals surface area (Å²) >= 11 is 5.97. The van der Waals surface area contributed by atoms with E-state index in [-0.39, 0.29) is 18.1 Å². The maximum atomic E-state index is 12.4. The highest BCUT2D eigenvalue weighted by Crippen LogP contribution is 2.38. The third-order valence-corrected chi connectivity index (χ3v) is 4.78. The molecule has 1 heterocycles. The molecule has 1 aromatic carbocycles. The Hall–Kier alpha value is -2.15. The fourth-order valence-corrected chi connectivity index (χ4v) is 3.09. The summed E-state index contributed by atoms with van der Waals surface area (Å²) in [6.45, 7) is 1.85. The molecule has 0 spiro atoms. The third-order valence-electron chi connectivity index (χ3n) is 4.52. The molecule has 128 valence electrons. The first-order valence-electron chi connectivity index (χ1n) is 8.09. The molecule has 1 aliphatic carbocycles. The van der Waals surface area contributed by atoms with Gasteiger partial charge in [-0.15, -0.1) is 5.10 Å². The number of urea groups is 1. The maximum Gasteiger partial charge on any atom is 0.315 e. The number of halogens is 1. The van der Waals surface area contributed by atoms with Gasteiger partial charge < -0.3 is 10.6 Å². The van der Waals surface area contributed by atoms with Crippen molar-refractivity contribution in [3.8, 4) is 0 Å². The van der Waals surface area contributed by atoms with Crippen LogP contribution in [-0.2, 0) is 7.05 Å². The second kappa shape index (κ2) is 7.17. The number of nitrogens with one attached hydrogen (secondary N) is 2. The van der Waals surface area contributed by atoms with Gasteiger partial charge in [0.25, 0.3) is 0 Å². The van der Waals surface area contributed by atoms with Gasteiger partial charge in [-0.1, -0.05) is 30.2 Å². The molecule has 8 heteroatoms. The summed E-state index contributed by atoms with van der Waals surface area (Å²) in [5, 5.41) is 18.0. The molecule has 24 heavy (non-hydrogen) atoms. The maximum absolute atomic E-state index is 12.4. The summed E-state index contributed by atoms with van der Waals surface area (Å²) in [4.78, 5) is 12.4. The number of aromatic nitrogens is 4. The minimum absolute atomic E-state index is 0.0131. The smallest absolute Gasteiger partial charge is 0.315 e. The molecular weight excluding hydrogens is 328 g/mol. The van der Waals surface area contributed by atoms with Crippen LogP contribution < -0.4 is 10.6 Å². The van der Waals surface area contributed by atoms with Crippen molar-refractivity contribution in [1.29, 1.82) is 0 Å². The fraction of sp³-hybridized carbons (Fsp3) is 0.500. The lowest BCUT2D eigenvalue weighted by molar-refractivity contribution is 0.205. The largest absolute Gasteiger partial charge is 0.331 e. The van der Waals surface area contributed by atoms with Crippen molar-refractivity contribution in [2.45, 2.75) is 38.3 Å². The van der Waals surface area contributed by atoms with Gasteiger partial charge in [-0.3, -0.25) is 0 Å². The molecule has 0 bridgehead atoms. The van der Waals surface area contributed by atoms with E-state index in [0.717, 1.165) is 18.4 Å². The number of aryl methyl sites for hydroxylation is 1. The van der Waals surface area contributed by atoms with Crippen LogP contribution in [-0.4, -0.2) is 26.2 Å². The minimum atomic E-state index is -0.280. The van der Waals surface area contributed by atoms with Gasteiger partial charge in [-0.05, 0) is 53.8 Å². The molecule has 0 aliphatic heterocycles. The van der Waals surface area contributed by atoms with Crippen LogP contribution in [0, 0.1) is 5.92 Å². The summed E-state index contributed by atoms with van der Waals surface area (Å²) in [5.41, 5.74) is 1.08. The Bertz CT molecular complexity index is 697. The zero-order chi connectivity index (χ0) is 17.1. The highest BCUT2D eigenvalue weighted by molar-refractivity contribution is 6.30. The van der Waals surface area contributed by atoms with Crippen molar-refractivity contribution >= 4 is 17.6 Å². The first kappa shape index (κ1) is 16.7. The highest BCUT2D eigenvalue weighted by Gasteiger charge is 2.30. The van der Waals surface area contributed by atoms with Gasteiger partial charge in [-0.2, -0.15) is 0 Å². The summed E-state index contributed by atoms with van der Waals surface area (Å²) in [7, 11) is 1.75. The molecule has 2 N–H and O–H groups in total. The minimum Gasteiger partial charge on any atom is -0.331 e. The van der Waals surface area contributed by atoms with E-state index in [1.807, 2.05) is 31.2 Å². The number of hydrogen-bond acceptors (Lipinski definition) is 4. The van der Waals surface area contributed by atoms with Crippen LogP contribution in [0.25, 0.3) is 0 Å². The van der Waals surface area contributed by atoms with Crippen LogP contribution in [0.5, 0.6) is 0 Å². The summed E-state index contributed by atoms with van der Waals surface area (Å²) < 4.78 is 1.55. The van der Waals surface area contributed by atoms with E-state index in [2.05, 4.69) is 26.2 Å². The number of rotatable bonds is 5. The Morgan fingerprint density at radius 1 is 1.29 bits per heavy atom. The van der Waals surface area contributed by atoms with Crippen LogP contribution in [0.1, 0.15) is 49.7 Å². The lowest BCUT2D eigenvalue weighted by atomic mass is 9.77. The van der Waals surface area contributed by atoms with Crippen molar-refractivity contribution in [3.05, 3.63) is 40.7 Å². The number of carbonyl (C=O) groups is 1. The van der Waals surface area contributed by atoms with Gasteiger partial charge in [-0.25, -0.2) is 9.48 Å². The van der Waals surface area contributed by atoms with Crippen LogP contribution in [0.3, 0.4) is 0 Å². The second-order valence-corrected chi connectivity index (χ2v) is 6.66. The fourth-order valence-electron chi connectivity index (χ4n) is 2.96. The highest BCUT2D eigenvalue weighted by atomic mass is 35.5. The van der Waals surface area contributed by atoms with Crippen molar-refractivity contribution < 1.29 is 4.79 Å². The number of tetrazole rings is 1. The van der Waals surface area contributed by atoms with Crippen LogP contribution >= 0.6 is 11.6 Å². The van der Waals surface area contributed by atoms with Gasteiger partial charge in [0.05, 0.1) is 12.1 Å². The molecule has 1 saturated carbocycles. The van der Waals surface area contributed by atoms with Gasteiger partial charge in [0, 0.05) is 12.1 Å². The Morgan fingerprint density at radius 3 is 2.54 bits per heavy atom. The molecular formula is C16H21ClN6O. The standard InChI is InChI=1S/C16H21ClN6O/c1-10(15-20-21-22-23(15)2)18-16(24)19-14(11-4-3-5-11)12-6-8-13(17)9-7-12/h6-11,14H,3-5H2,1-2H3,(H2,18,19,24)/t10-,14-/m0/s1. The topological polar surface area (TPSA) is 84.7 Å². The molecule has 2 aromatic rings. The summed E-state index contributed by atoms with van der Waals surface area (Å²) in [6.07, 6.45) is 3.45. The second-order valence-electron chi connectivity index (χ2n) is 6.22. The molecule has 2 atom stereocenters. The first-order valence-corrected chi connectivity index (χ1v) is 8.47. The quantitative estimate of drug-likeness (QED) is 0.870. The van der Waals surface area contributed by atoms with E-state index >= 15 is 0 Å². The third kappa shape index (κ3) is 3.67. The van der Waals surface area contributed by atoms with E-state index < -0.39 is 0 Å². The number of amides is 2. The normalized spacial score (nSPS) is 17.0. The zero-order valence-electron chi connectivity index (χ0n) is 13.7. The van der Waals surface area contributed by atoms with Gasteiger partial charge >= 0.3 is 6.03 Å². The van der Waals surface area contributed by atoms with E-state index in [9.17, 15) is 4.79 Å². The number of carbonyl (C=O) groups excluding carboxylic acids is 1. The Morgan fingerprint density at radius 2 is 2.00 bits per heavy atom. The van der Waals surface area contributed by atoms with Gasteiger partial charge in [0.2, 0.25) is 0 Å². The molecule has 0 saturated heterocycles. The number of hydrogen-bond donors (Lipinski definition) is 2. The predicted molar refractivity (Wildman–Crippen MR) is 90.4 cm³/mol. The van der Waals surface area contributed by atoms with Crippen molar-refractivity contribution in [1.82, 2.24) is 30.8 Å². The van der Waals surface area contributed by atoms with Crippen molar-refractivity contribution in [2.24, 2.45) is 13.0 Å². The summed E-state index contributed by atoms with van der Waals surface area (Å²) in [5.74, 6) is 1.07. The van der Waals surface area contributed by atoms with Crippen molar-refractivity contribution in [2.75, 3.05) is 0 Å². The predicted octanol–water partition coefficient (Wildman–Crippen LogP) is 2.77. The summed E-state index contributed by atoms with van der Waals surface area (Å²) in [6, 6.07) is 7.14. The lowest BCUT2D eigenvalue weighted by Crippen LogP contribution is -2.43. The Balaban J connectivity index is 1.67. The van der Waals surface area contributed by atoms with E-state index in [1.54, 1.807) is 11.7 Å². The zero-order valence-corrected chi connectivity index (χ0v) is 14.5. The SMILES string of the molecule is C[C@H](NC(=O)N[C@H](c1ccc(Cl)cc1)C1CCC1)c1nnnn1C. The molecule has 3 rings (SSSR count). The molecule has 1 fully saturated rings. The van der Waals surface area contributed by atoms with Crippen molar-refractivity contribution in [3.63, 3.8) is 0 Å². The van der Waals surface area contributed by atoms with E-state index in [4.69, 9.17) is 11.6 Å². The average Bonchev–Trinajstić information content (AvgIpc) is 2.92. The first-order chi connectivity index (χ1) is 11.5. The van der Waals surface area contributed by atoms with Gasteiger partial charge in [0.1, 0.15) is 0 Å².